The van der Waals surface area contributed by atoms with E-state index in [9.17, 15) is 14.0 Å². The van der Waals surface area contributed by atoms with Crippen LogP contribution in [-0.2, 0) is 10.2 Å². The van der Waals surface area contributed by atoms with Crippen LogP contribution < -0.4 is 5.32 Å². The summed E-state index contributed by atoms with van der Waals surface area (Å²) in [6.45, 7) is 2.73. The number of amides is 2. The number of halogens is 2. The number of hydrogen-bond acceptors (Lipinski definition) is 2. The highest BCUT2D eigenvalue weighted by Crippen LogP contribution is 2.37. The fourth-order valence-corrected chi connectivity index (χ4v) is 3.81. The Labute approximate surface area is 163 Å². The maximum atomic E-state index is 13.3. The van der Waals surface area contributed by atoms with E-state index in [4.69, 9.17) is 11.6 Å². The van der Waals surface area contributed by atoms with Gasteiger partial charge < -0.3 is 10.2 Å². The van der Waals surface area contributed by atoms with Crippen molar-refractivity contribution >= 4 is 22.9 Å². The van der Waals surface area contributed by atoms with Crippen LogP contribution in [-0.4, -0.2) is 29.3 Å². The van der Waals surface area contributed by atoms with Crippen LogP contribution in [0.15, 0.2) is 54.6 Å². The molecule has 1 aliphatic rings. The molecular weight excluding hydrogens is 367 g/mol. The number of nitrogens with zero attached hydrogens (tertiary/aromatic N) is 1. The molecule has 0 saturated carbocycles. The minimum atomic E-state index is -0.724. The van der Waals surface area contributed by atoms with Crippen LogP contribution in [0.3, 0.4) is 0 Å². The summed E-state index contributed by atoms with van der Waals surface area (Å²) >= 11 is 5.61. The number of likely N-dealkylation sites (tertiary alicyclic amines) is 1. The largest absolute Gasteiger partial charge is 0.349 e. The Morgan fingerprint density at radius 2 is 1.67 bits per heavy atom. The van der Waals surface area contributed by atoms with Crippen molar-refractivity contribution in [3.05, 3.63) is 71.5 Å². The van der Waals surface area contributed by atoms with Gasteiger partial charge in [0.1, 0.15) is 5.82 Å². The second-order valence-electron chi connectivity index (χ2n) is 6.93. The molecule has 2 aromatic rings. The second kappa shape index (κ2) is 8.09. The van der Waals surface area contributed by atoms with E-state index in [0.717, 1.165) is 11.1 Å². The Kier molecular flexibility index (Phi) is 5.80. The van der Waals surface area contributed by atoms with Crippen molar-refractivity contribution in [1.82, 2.24) is 10.2 Å². The highest BCUT2D eigenvalue weighted by Gasteiger charge is 2.43. The molecule has 1 N–H and O–H groups in total. The molecule has 1 heterocycles. The van der Waals surface area contributed by atoms with Crippen LogP contribution >= 0.6 is 11.6 Å². The molecule has 142 valence electrons. The van der Waals surface area contributed by atoms with Crippen LogP contribution in [0, 0.1) is 5.82 Å². The number of rotatable bonds is 4. The molecule has 4 nitrogen and oxygen atoms in total. The van der Waals surface area contributed by atoms with Gasteiger partial charge in [-0.3, -0.25) is 9.59 Å². The third-order valence-corrected chi connectivity index (χ3v) is 5.58. The number of nitrogens with one attached hydrogen (secondary N) is 1. The summed E-state index contributed by atoms with van der Waals surface area (Å²) in [7, 11) is 0. The molecule has 0 spiro atoms. The zero-order chi connectivity index (χ0) is 19.4. The lowest BCUT2D eigenvalue weighted by molar-refractivity contribution is -0.129. The highest BCUT2D eigenvalue weighted by molar-refractivity contribution is 6.62. The van der Waals surface area contributed by atoms with Gasteiger partial charge in [-0.2, -0.15) is 0 Å². The van der Waals surface area contributed by atoms with Gasteiger partial charge in [-0.05, 0) is 54.6 Å². The molecule has 6 heteroatoms. The van der Waals surface area contributed by atoms with Crippen LogP contribution in [0.4, 0.5) is 9.18 Å². The van der Waals surface area contributed by atoms with Crippen molar-refractivity contribution in [2.45, 2.75) is 31.2 Å². The quantitative estimate of drug-likeness (QED) is 0.623. The first-order valence-electron chi connectivity index (χ1n) is 8.99. The molecule has 0 radical (unpaired) electrons. The lowest BCUT2D eigenvalue weighted by Gasteiger charge is -2.41. The molecular formula is C21H22ClFN2O2. The van der Waals surface area contributed by atoms with E-state index < -0.39 is 10.8 Å². The van der Waals surface area contributed by atoms with Gasteiger partial charge in [0.2, 0.25) is 5.91 Å². The predicted octanol–water partition coefficient (Wildman–Crippen LogP) is 4.40. The minimum absolute atomic E-state index is 0.0906. The summed E-state index contributed by atoms with van der Waals surface area (Å²) in [4.78, 5) is 26.3. The van der Waals surface area contributed by atoms with E-state index >= 15 is 0 Å². The highest BCUT2D eigenvalue weighted by atomic mass is 35.5. The average Bonchev–Trinajstić information content (AvgIpc) is 2.69. The number of benzene rings is 2. The maximum Gasteiger partial charge on any atom is 0.316 e. The standard InChI is InChI=1S/C21H22ClFN2O2/c1-15(16-7-9-18(23)10-8-16)24-19(26)21(17-5-3-2-4-6-17)11-13-25(14-12-21)20(22)27/h2-10,15H,11-14H2,1H3,(H,24,26)/t15-/m0/s1. The van der Waals surface area contributed by atoms with Gasteiger partial charge >= 0.3 is 5.37 Å². The molecule has 1 atom stereocenters. The third-order valence-electron chi connectivity index (χ3n) is 5.34. The number of hydrogen-bond donors (Lipinski definition) is 1. The van der Waals surface area contributed by atoms with Crippen molar-refractivity contribution in [2.24, 2.45) is 0 Å². The molecule has 2 amide bonds. The van der Waals surface area contributed by atoms with Gasteiger partial charge in [0.05, 0.1) is 11.5 Å². The molecule has 1 saturated heterocycles. The van der Waals surface area contributed by atoms with Gasteiger partial charge in [0.25, 0.3) is 0 Å². The molecule has 0 unspecified atom stereocenters. The van der Waals surface area contributed by atoms with Crippen molar-refractivity contribution in [2.75, 3.05) is 13.1 Å². The minimum Gasteiger partial charge on any atom is -0.349 e. The molecule has 3 rings (SSSR count). The van der Waals surface area contributed by atoms with E-state index in [1.54, 1.807) is 17.0 Å². The first-order valence-corrected chi connectivity index (χ1v) is 9.36. The lowest BCUT2D eigenvalue weighted by atomic mass is 9.72. The summed E-state index contributed by atoms with van der Waals surface area (Å²) in [5.74, 6) is -0.400. The van der Waals surface area contributed by atoms with E-state index in [-0.39, 0.29) is 17.8 Å². The van der Waals surface area contributed by atoms with Gasteiger partial charge in [-0.1, -0.05) is 42.5 Å². The van der Waals surface area contributed by atoms with E-state index in [1.165, 1.54) is 12.1 Å². The smallest absolute Gasteiger partial charge is 0.316 e. The SMILES string of the molecule is C[C@H](NC(=O)C1(c2ccccc2)CCN(C(=O)Cl)CC1)c1ccc(F)cc1. The first kappa shape index (κ1) is 19.4. The Morgan fingerprint density at radius 3 is 2.22 bits per heavy atom. The van der Waals surface area contributed by atoms with Crippen LogP contribution in [0.1, 0.15) is 36.9 Å². The van der Waals surface area contributed by atoms with Crippen molar-refractivity contribution < 1.29 is 14.0 Å². The lowest BCUT2D eigenvalue weighted by Crippen LogP contribution is -2.52. The molecule has 0 aliphatic carbocycles. The summed E-state index contributed by atoms with van der Waals surface area (Å²) in [6, 6.07) is 15.5. The first-order chi connectivity index (χ1) is 12.9. The molecule has 1 aliphatic heterocycles. The Balaban J connectivity index is 1.84. The fraction of sp³-hybridized carbons (Fsp3) is 0.333. The van der Waals surface area contributed by atoms with Gasteiger partial charge in [-0.25, -0.2) is 4.39 Å². The zero-order valence-electron chi connectivity index (χ0n) is 15.1. The Hall–Kier alpha value is -2.40. The maximum absolute atomic E-state index is 13.3. The summed E-state index contributed by atoms with van der Waals surface area (Å²) in [6.07, 6.45) is 0.995. The monoisotopic (exact) mass is 388 g/mol. The van der Waals surface area contributed by atoms with E-state index in [1.807, 2.05) is 37.3 Å². The van der Waals surface area contributed by atoms with Crippen molar-refractivity contribution in [1.29, 1.82) is 0 Å². The van der Waals surface area contributed by atoms with Gasteiger partial charge in [-0.15, -0.1) is 0 Å². The molecule has 2 aromatic carbocycles. The number of carbonyl (C=O) groups excluding carboxylic acids is 2. The van der Waals surface area contributed by atoms with Crippen LogP contribution in [0.25, 0.3) is 0 Å². The molecule has 0 bridgehead atoms. The third kappa shape index (κ3) is 4.14. The normalized spacial score (nSPS) is 17.2. The number of carbonyl (C=O) groups is 2. The summed E-state index contributed by atoms with van der Waals surface area (Å²) in [5.41, 5.74) is 1.04. The Bertz CT molecular complexity index is 803. The van der Waals surface area contributed by atoms with Crippen molar-refractivity contribution in [3.63, 3.8) is 0 Å². The van der Waals surface area contributed by atoms with Crippen molar-refractivity contribution in [3.8, 4) is 0 Å². The van der Waals surface area contributed by atoms with Gasteiger partial charge in [0, 0.05) is 13.1 Å². The summed E-state index contributed by atoms with van der Waals surface area (Å²) in [5, 5.41) is 2.58. The number of piperidine rings is 1. The second-order valence-corrected chi connectivity index (χ2v) is 7.26. The molecule has 0 aromatic heterocycles. The van der Waals surface area contributed by atoms with E-state index in [0.29, 0.717) is 25.9 Å². The predicted molar refractivity (Wildman–Crippen MR) is 103 cm³/mol. The Morgan fingerprint density at radius 1 is 1.07 bits per heavy atom. The van der Waals surface area contributed by atoms with Gasteiger partial charge in [0.15, 0.2) is 0 Å². The average molecular weight is 389 g/mol. The zero-order valence-corrected chi connectivity index (χ0v) is 15.9. The van der Waals surface area contributed by atoms with E-state index in [2.05, 4.69) is 5.32 Å². The molecule has 1 fully saturated rings. The van der Waals surface area contributed by atoms with Crippen LogP contribution in [0.2, 0.25) is 0 Å². The topological polar surface area (TPSA) is 49.4 Å². The fourth-order valence-electron chi connectivity index (χ4n) is 3.64. The summed E-state index contributed by atoms with van der Waals surface area (Å²) < 4.78 is 13.2. The molecule has 27 heavy (non-hydrogen) atoms. The van der Waals surface area contributed by atoms with Crippen LogP contribution in [0.5, 0.6) is 0 Å².